The number of nitrogens with one attached hydrogen (secondary N) is 1. The van der Waals surface area contributed by atoms with Gasteiger partial charge in [0.15, 0.2) is 0 Å². The summed E-state index contributed by atoms with van der Waals surface area (Å²) in [6, 6.07) is 9.61. The van der Waals surface area contributed by atoms with Crippen LogP contribution in [-0.2, 0) is 16.7 Å². The third kappa shape index (κ3) is 3.24. The van der Waals surface area contributed by atoms with Crippen molar-refractivity contribution >= 4 is 0 Å². The van der Waals surface area contributed by atoms with Crippen molar-refractivity contribution in [3.05, 3.63) is 35.4 Å². The van der Waals surface area contributed by atoms with E-state index in [1.165, 1.54) is 30.4 Å². The number of hydrogen-bond donors (Lipinski definition) is 1. The number of hydrogen-bond acceptors (Lipinski definition) is 2. The highest BCUT2D eigenvalue weighted by Gasteiger charge is 2.40. The normalized spacial score (nSPS) is 26.9. The summed E-state index contributed by atoms with van der Waals surface area (Å²) < 4.78 is 5.88. The second kappa shape index (κ2) is 5.50. The van der Waals surface area contributed by atoms with Crippen LogP contribution in [0.4, 0.5) is 0 Å². The molecule has 0 radical (unpaired) electrons. The topological polar surface area (TPSA) is 21.3 Å². The monoisotopic (exact) mass is 273 g/mol. The van der Waals surface area contributed by atoms with Crippen LogP contribution in [0.25, 0.3) is 0 Å². The smallest absolute Gasteiger partial charge is 0.0757 e. The van der Waals surface area contributed by atoms with E-state index >= 15 is 0 Å². The Kier molecular flexibility index (Phi) is 3.87. The van der Waals surface area contributed by atoms with E-state index in [1.807, 2.05) is 0 Å². The molecule has 0 aromatic heterocycles. The highest BCUT2D eigenvalue weighted by atomic mass is 16.5. The Bertz CT molecular complexity index is 441. The van der Waals surface area contributed by atoms with Crippen LogP contribution >= 0.6 is 0 Å². The lowest BCUT2D eigenvalue weighted by Crippen LogP contribution is -2.37. The standard InChI is InChI=1S/C18H27NO/c1-18(2,3)15-8-4-13(5-9-15)12-19-16-10-11-20-17(16)14-6-7-14/h4-5,8-9,14,16-17,19H,6-7,10-12H2,1-3H3. The first kappa shape index (κ1) is 14.1. The summed E-state index contributed by atoms with van der Waals surface area (Å²) in [6.07, 6.45) is 4.37. The molecule has 2 heteroatoms. The maximum Gasteiger partial charge on any atom is 0.0757 e. The van der Waals surface area contributed by atoms with E-state index in [9.17, 15) is 0 Å². The lowest BCUT2D eigenvalue weighted by Gasteiger charge is -2.21. The average molecular weight is 273 g/mol. The zero-order valence-corrected chi connectivity index (χ0v) is 13.0. The zero-order valence-electron chi connectivity index (χ0n) is 13.0. The van der Waals surface area contributed by atoms with Crippen molar-refractivity contribution in [3.8, 4) is 0 Å². The Morgan fingerprint density at radius 1 is 1.10 bits per heavy atom. The summed E-state index contributed by atoms with van der Waals surface area (Å²) in [5.41, 5.74) is 3.02. The SMILES string of the molecule is CC(C)(C)c1ccc(CNC2CCOC2C2CC2)cc1. The molecule has 1 aromatic rings. The Morgan fingerprint density at radius 3 is 2.40 bits per heavy atom. The minimum Gasteiger partial charge on any atom is -0.376 e. The minimum absolute atomic E-state index is 0.238. The molecule has 0 bridgehead atoms. The molecule has 1 saturated carbocycles. The molecule has 1 saturated heterocycles. The van der Waals surface area contributed by atoms with E-state index in [2.05, 4.69) is 50.4 Å². The van der Waals surface area contributed by atoms with Crippen LogP contribution in [0.3, 0.4) is 0 Å². The van der Waals surface area contributed by atoms with Crippen molar-refractivity contribution in [2.75, 3.05) is 6.61 Å². The molecule has 110 valence electrons. The van der Waals surface area contributed by atoms with Crippen LogP contribution in [0.5, 0.6) is 0 Å². The first-order valence-corrected chi connectivity index (χ1v) is 7.98. The second-order valence-electron chi connectivity index (χ2n) is 7.40. The molecule has 20 heavy (non-hydrogen) atoms. The largest absolute Gasteiger partial charge is 0.376 e. The highest BCUT2D eigenvalue weighted by Crippen LogP contribution is 2.38. The van der Waals surface area contributed by atoms with Gasteiger partial charge in [-0.3, -0.25) is 0 Å². The molecule has 1 N–H and O–H groups in total. The van der Waals surface area contributed by atoms with E-state index < -0.39 is 0 Å². The molecule has 1 aromatic carbocycles. The van der Waals surface area contributed by atoms with Gasteiger partial charge in [0, 0.05) is 19.2 Å². The Balaban J connectivity index is 1.55. The van der Waals surface area contributed by atoms with E-state index in [1.54, 1.807) is 0 Å². The van der Waals surface area contributed by atoms with Crippen molar-refractivity contribution in [1.82, 2.24) is 5.32 Å². The summed E-state index contributed by atoms with van der Waals surface area (Å²) in [4.78, 5) is 0. The van der Waals surface area contributed by atoms with Crippen LogP contribution in [0.2, 0.25) is 0 Å². The van der Waals surface area contributed by atoms with Crippen LogP contribution in [0.15, 0.2) is 24.3 Å². The molecule has 0 spiro atoms. The van der Waals surface area contributed by atoms with E-state index in [0.717, 1.165) is 19.1 Å². The molecule has 0 amide bonds. The second-order valence-corrected chi connectivity index (χ2v) is 7.40. The Morgan fingerprint density at radius 2 is 1.80 bits per heavy atom. The van der Waals surface area contributed by atoms with Crippen LogP contribution in [-0.4, -0.2) is 18.8 Å². The molecular formula is C18H27NO. The molecule has 1 aliphatic heterocycles. The van der Waals surface area contributed by atoms with Gasteiger partial charge in [-0.2, -0.15) is 0 Å². The average Bonchev–Trinajstić information content (AvgIpc) is 3.15. The van der Waals surface area contributed by atoms with Crippen LogP contribution in [0.1, 0.15) is 51.2 Å². The molecule has 2 unspecified atom stereocenters. The van der Waals surface area contributed by atoms with Crippen LogP contribution < -0.4 is 5.32 Å². The van der Waals surface area contributed by atoms with Gasteiger partial charge in [-0.15, -0.1) is 0 Å². The van der Waals surface area contributed by atoms with Gasteiger partial charge in [0.2, 0.25) is 0 Å². The van der Waals surface area contributed by atoms with Crippen molar-refractivity contribution < 1.29 is 4.74 Å². The molecule has 1 aliphatic carbocycles. The number of rotatable bonds is 4. The summed E-state index contributed by atoms with van der Waals surface area (Å²) in [6.45, 7) is 8.67. The maximum atomic E-state index is 5.88. The van der Waals surface area contributed by atoms with Gasteiger partial charge in [0.1, 0.15) is 0 Å². The van der Waals surface area contributed by atoms with Gasteiger partial charge < -0.3 is 10.1 Å². The lowest BCUT2D eigenvalue weighted by atomic mass is 9.87. The van der Waals surface area contributed by atoms with Gasteiger partial charge in [-0.05, 0) is 41.7 Å². The van der Waals surface area contributed by atoms with Gasteiger partial charge in [0.25, 0.3) is 0 Å². The summed E-state index contributed by atoms with van der Waals surface area (Å²) in [5.74, 6) is 0.832. The first-order valence-electron chi connectivity index (χ1n) is 7.98. The van der Waals surface area contributed by atoms with Crippen LogP contribution in [0, 0.1) is 5.92 Å². The van der Waals surface area contributed by atoms with Crippen molar-refractivity contribution in [2.24, 2.45) is 5.92 Å². The van der Waals surface area contributed by atoms with Gasteiger partial charge in [-0.1, -0.05) is 45.0 Å². The lowest BCUT2D eigenvalue weighted by molar-refractivity contribution is 0.0809. The maximum absolute atomic E-state index is 5.88. The number of ether oxygens (including phenoxy) is 1. The molecular weight excluding hydrogens is 246 g/mol. The molecule has 2 fully saturated rings. The summed E-state index contributed by atoms with van der Waals surface area (Å²) in [5, 5.41) is 3.70. The predicted molar refractivity (Wildman–Crippen MR) is 82.9 cm³/mol. The van der Waals surface area contributed by atoms with Crippen molar-refractivity contribution in [3.63, 3.8) is 0 Å². The van der Waals surface area contributed by atoms with Gasteiger partial charge in [0.05, 0.1) is 6.10 Å². The fourth-order valence-electron chi connectivity index (χ4n) is 3.09. The third-order valence-electron chi connectivity index (χ3n) is 4.61. The molecule has 2 nitrogen and oxygen atoms in total. The zero-order chi connectivity index (χ0) is 14.2. The molecule has 2 aliphatic rings. The predicted octanol–water partition coefficient (Wildman–Crippen LogP) is 3.64. The van der Waals surface area contributed by atoms with E-state index in [-0.39, 0.29) is 5.41 Å². The Labute approximate surface area is 122 Å². The van der Waals surface area contributed by atoms with Crippen molar-refractivity contribution in [2.45, 2.75) is 64.1 Å². The number of benzene rings is 1. The minimum atomic E-state index is 0.238. The van der Waals surface area contributed by atoms with E-state index in [0.29, 0.717) is 12.1 Å². The Hall–Kier alpha value is -0.860. The van der Waals surface area contributed by atoms with Gasteiger partial charge >= 0.3 is 0 Å². The fraction of sp³-hybridized carbons (Fsp3) is 0.667. The van der Waals surface area contributed by atoms with Crippen molar-refractivity contribution in [1.29, 1.82) is 0 Å². The fourth-order valence-corrected chi connectivity index (χ4v) is 3.09. The highest BCUT2D eigenvalue weighted by molar-refractivity contribution is 5.27. The van der Waals surface area contributed by atoms with E-state index in [4.69, 9.17) is 4.74 Å². The molecule has 2 atom stereocenters. The first-order chi connectivity index (χ1) is 9.54. The molecule has 1 heterocycles. The quantitative estimate of drug-likeness (QED) is 0.904. The van der Waals surface area contributed by atoms with Gasteiger partial charge in [-0.25, -0.2) is 0 Å². The summed E-state index contributed by atoms with van der Waals surface area (Å²) >= 11 is 0. The summed E-state index contributed by atoms with van der Waals surface area (Å²) in [7, 11) is 0. The third-order valence-corrected chi connectivity index (χ3v) is 4.61. The molecule has 3 rings (SSSR count).